The molecular weight excluding hydrogens is 298 g/mol. The minimum atomic E-state index is 0.0654. The number of hydrogen-bond acceptors (Lipinski definition) is 7. The zero-order chi connectivity index (χ0) is 15.5. The SMILES string of the molecule is CCNc1nc(S[C@H](C)c2nnnn2C)nc2ccccc12. The number of tetrazole rings is 1. The lowest BCUT2D eigenvalue weighted by Crippen LogP contribution is -2.05. The maximum Gasteiger partial charge on any atom is 0.190 e. The van der Waals surface area contributed by atoms with Gasteiger partial charge in [0.2, 0.25) is 0 Å². The van der Waals surface area contributed by atoms with Gasteiger partial charge in [-0.25, -0.2) is 14.6 Å². The van der Waals surface area contributed by atoms with E-state index in [0.717, 1.165) is 29.1 Å². The largest absolute Gasteiger partial charge is 0.370 e. The number of aryl methyl sites for hydroxylation is 1. The molecule has 1 aromatic carbocycles. The highest BCUT2D eigenvalue weighted by atomic mass is 32.2. The van der Waals surface area contributed by atoms with E-state index in [1.165, 1.54) is 0 Å². The predicted octanol–water partition coefficient (Wildman–Crippen LogP) is 2.44. The molecule has 0 aliphatic carbocycles. The molecule has 22 heavy (non-hydrogen) atoms. The van der Waals surface area contributed by atoms with Crippen molar-refractivity contribution in [2.24, 2.45) is 7.05 Å². The van der Waals surface area contributed by atoms with Crippen LogP contribution in [0.2, 0.25) is 0 Å². The zero-order valence-electron chi connectivity index (χ0n) is 12.7. The Labute approximate surface area is 132 Å². The van der Waals surface area contributed by atoms with Crippen molar-refractivity contribution in [1.82, 2.24) is 30.2 Å². The molecule has 0 radical (unpaired) electrons. The monoisotopic (exact) mass is 315 g/mol. The molecule has 1 N–H and O–H groups in total. The van der Waals surface area contributed by atoms with Crippen LogP contribution in [0.1, 0.15) is 24.9 Å². The van der Waals surface area contributed by atoms with Gasteiger partial charge in [0.05, 0.1) is 10.8 Å². The van der Waals surface area contributed by atoms with Gasteiger partial charge in [0, 0.05) is 19.0 Å². The molecule has 8 heteroatoms. The number of benzene rings is 1. The third-order valence-electron chi connectivity index (χ3n) is 3.23. The first-order chi connectivity index (χ1) is 10.7. The topological polar surface area (TPSA) is 81.4 Å². The number of anilines is 1. The third kappa shape index (κ3) is 2.87. The number of hydrogen-bond donors (Lipinski definition) is 1. The van der Waals surface area contributed by atoms with Crippen LogP contribution in [-0.4, -0.2) is 36.7 Å². The van der Waals surface area contributed by atoms with E-state index in [9.17, 15) is 0 Å². The van der Waals surface area contributed by atoms with Crippen molar-refractivity contribution in [3.05, 3.63) is 30.1 Å². The van der Waals surface area contributed by atoms with Crippen molar-refractivity contribution < 1.29 is 0 Å². The van der Waals surface area contributed by atoms with Gasteiger partial charge in [-0.05, 0) is 36.4 Å². The van der Waals surface area contributed by atoms with E-state index in [1.807, 2.05) is 38.2 Å². The number of fused-ring (bicyclic) bond motifs is 1. The molecule has 0 aliphatic rings. The summed E-state index contributed by atoms with van der Waals surface area (Å²) in [6, 6.07) is 8.00. The Kier molecular flexibility index (Phi) is 4.19. The van der Waals surface area contributed by atoms with Crippen LogP contribution in [0.3, 0.4) is 0 Å². The molecule has 0 saturated carbocycles. The Morgan fingerprint density at radius 3 is 2.82 bits per heavy atom. The summed E-state index contributed by atoms with van der Waals surface area (Å²) in [5.74, 6) is 1.66. The van der Waals surface area contributed by atoms with Crippen molar-refractivity contribution >= 4 is 28.5 Å². The number of thioether (sulfide) groups is 1. The highest BCUT2D eigenvalue weighted by molar-refractivity contribution is 7.99. The molecule has 0 bridgehead atoms. The van der Waals surface area contributed by atoms with Crippen molar-refractivity contribution in [3.63, 3.8) is 0 Å². The first-order valence-electron chi connectivity index (χ1n) is 7.08. The Morgan fingerprint density at radius 2 is 2.09 bits per heavy atom. The summed E-state index contributed by atoms with van der Waals surface area (Å²) < 4.78 is 1.67. The number of para-hydroxylation sites is 1. The Bertz CT molecular complexity index is 786. The average Bonchev–Trinajstić information content (AvgIpc) is 2.94. The zero-order valence-corrected chi connectivity index (χ0v) is 13.5. The van der Waals surface area contributed by atoms with Gasteiger partial charge in [0.1, 0.15) is 5.82 Å². The summed E-state index contributed by atoms with van der Waals surface area (Å²) in [4.78, 5) is 9.26. The van der Waals surface area contributed by atoms with Gasteiger partial charge in [-0.3, -0.25) is 0 Å². The maximum absolute atomic E-state index is 4.63. The molecule has 0 spiro atoms. The second-order valence-corrected chi connectivity index (χ2v) is 6.13. The minimum Gasteiger partial charge on any atom is -0.370 e. The summed E-state index contributed by atoms with van der Waals surface area (Å²) in [6.07, 6.45) is 0. The van der Waals surface area contributed by atoms with Gasteiger partial charge in [0.15, 0.2) is 11.0 Å². The van der Waals surface area contributed by atoms with Crippen LogP contribution in [0.15, 0.2) is 29.4 Å². The number of aromatic nitrogens is 6. The van der Waals surface area contributed by atoms with Crippen LogP contribution < -0.4 is 5.32 Å². The van der Waals surface area contributed by atoms with E-state index < -0.39 is 0 Å². The van der Waals surface area contributed by atoms with Crippen LogP contribution in [0.5, 0.6) is 0 Å². The summed E-state index contributed by atoms with van der Waals surface area (Å²) >= 11 is 1.54. The molecule has 1 atom stereocenters. The normalized spacial score (nSPS) is 12.5. The molecule has 3 aromatic rings. The second-order valence-electron chi connectivity index (χ2n) is 4.82. The van der Waals surface area contributed by atoms with E-state index in [1.54, 1.807) is 16.4 Å². The first-order valence-corrected chi connectivity index (χ1v) is 7.96. The number of nitrogens with one attached hydrogen (secondary N) is 1. The van der Waals surface area contributed by atoms with E-state index in [4.69, 9.17) is 0 Å². The van der Waals surface area contributed by atoms with Crippen LogP contribution in [-0.2, 0) is 7.05 Å². The maximum atomic E-state index is 4.63. The highest BCUT2D eigenvalue weighted by Gasteiger charge is 2.17. The number of rotatable bonds is 5. The van der Waals surface area contributed by atoms with E-state index >= 15 is 0 Å². The summed E-state index contributed by atoms with van der Waals surface area (Å²) in [5, 5.41) is 16.7. The van der Waals surface area contributed by atoms with Gasteiger partial charge < -0.3 is 5.32 Å². The fraction of sp³-hybridized carbons (Fsp3) is 0.357. The Morgan fingerprint density at radius 1 is 1.27 bits per heavy atom. The van der Waals surface area contributed by atoms with Crippen molar-refractivity contribution in [2.75, 3.05) is 11.9 Å². The smallest absolute Gasteiger partial charge is 0.190 e. The van der Waals surface area contributed by atoms with E-state index in [-0.39, 0.29) is 5.25 Å². The summed E-state index contributed by atoms with van der Waals surface area (Å²) in [5.41, 5.74) is 0.930. The molecule has 2 heterocycles. The van der Waals surface area contributed by atoms with Gasteiger partial charge in [-0.2, -0.15) is 0 Å². The molecule has 0 fully saturated rings. The van der Waals surface area contributed by atoms with Crippen LogP contribution in [0.25, 0.3) is 10.9 Å². The lowest BCUT2D eigenvalue weighted by molar-refractivity contribution is 0.678. The minimum absolute atomic E-state index is 0.0654. The highest BCUT2D eigenvalue weighted by Crippen LogP contribution is 2.33. The van der Waals surface area contributed by atoms with E-state index in [0.29, 0.717) is 5.16 Å². The van der Waals surface area contributed by atoms with E-state index in [2.05, 4.69) is 37.7 Å². The van der Waals surface area contributed by atoms with Gasteiger partial charge in [-0.15, -0.1) is 5.10 Å². The lowest BCUT2D eigenvalue weighted by atomic mass is 10.2. The molecule has 0 aliphatic heterocycles. The predicted molar refractivity (Wildman–Crippen MR) is 86.8 cm³/mol. The molecule has 3 rings (SSSR count). The molecule has 0 amide bonds. The van der Waals surface area contributed by atoms with Crippen LogP contribution >= 0.6 is 11.8 Å². The van der Waals surface area contributed by atoms with Crippen LogP contribution in [0, 0.1) is 0 Å². The van der Waals surface area contributed by atoms with Crippen LogP contribution in [0.4, 0.5) is 5.82 Å². The Hall–Kier alpha value is -2.22. The number of nitrogens with zero attached hydrogens (tertiary/aromatic N) is 6. The molecule has 114 valence electrons. The summed E-state index contributed by atoms with van der Waals surface area (Å²) in [6.45, 7) is 4.91. The standard InChI is InChI=1S/C14H17N7S/c1-4-15-12-10-7-5-6-8-11(10)16-14(17-12)22-9(2)13-18-19-20-21(13)3/h5-9H,4H2,1-3H3,(H,15,16,17)/t9-/m1/s1. The fourth-order valence-corrected chi connectivity index (χ4v) is 3.12. The average molecular weight is 315 g/mol. The molecule has 0 unspecified atom stereocenters. The molecule has 2 aromatic heterocycles. The molecular formula is C14H17N7S. The fourth-order valence-electron chi connectivity index (χ4n) is 2.20. The Balaban J connectivity index is 1.95. The molecule has 0 saturated heterocycles. The third-order valence-corrected chi connectivity index (χ3v) is 4.18. The molecule has 7 nitrogen and oxygen atoms in total. The van der Waals surface area contributed by atoms with Crippen molar-refractivity contribution in [2.45, 2.75) is 24.3 Å². The quantitative estimate of drug-likeness (QED) is 0.572. The first kappa shape index (κ1) is 14.7. The summed E-state index contributed by atoms with van der Waals surface area (Å²) in [7, 11) is 1.83. The van der Waals surface area contributed by atoms with Gasteiger partial charge in [-0.1, -0.05) is 23.9 Å². The van der Waals surface area contributed by atoms with Gasteiger partial charge >= 0.3 is 0 Å². The van der Waals surface area contributed by atoms with Crippen molar-refractivity contribution in [3.8, 4) is 0 Å². The second kappa shape index (κ2) is 6.27. The van der Waals surface area contributed by atoms with Crippen molar-refractivity contribution in [1.29, 1.82) is 0 Å². The van der Waals surface area contributed by atoms with Gasteiger partial charge in [0.25, 0.3) is 0 Å². The lowest BCUT2D eigenvalue weighted by Gasteiger charge is -2.11.